The van der Waals surface area contributed by atoms with E-state index in [9.17, 15) is 9.18 Å². The highest BCUT2D eigenvalue weighted by Crippen LogP contribution is 2.48. The molecule has 0 saturated heterocycles. The Labute approximate surface area is 133 Å². The van der Waals surface area contributed by atoms with E-state index < -0.39 is 0 Å². The molecular formula is C18H18FNOS. The van der Waals surface area contributed by atoms with E-state index in [4.69, 9.17) is 0 Å². The number of hydrogen-bond acceptors (Lipinski definition) is 2. The first-order valence-electron chi connectivity index (χ1n) is 7.81. The van der Waals surface area contributed by atoms with E-state index >= 15 is 0 Å². The van der Waals surface area contributed by atoms with E-state index in [1.807, 2.05) is 12.1 Å². The lowest BCUT2D eigenvalue weighted by Crippen LogP contribution is -2.23. The average Bonchev–Trinajstić information content (AvgIpc) is 2.84. The summed E-state index contributed by atoms with van der Waals surface area (Å²) in [7, 11) is 0. The summed E-state index contributed by atoms with van der Waals surface area (Å²) < 4.78 is 13.2. The van der Waals surface area contributed by atoms with Crippen LogP contribution in [-0.4, -0.2) is 5.91 Å². The lowest BCUT2D eigenvalue weighted by Gasteiger charge is -2.26. The van der Waals surface area contributed by atoms with Gasteiger partial charge in [0.25, 0.3) is 0 Å². The topological polar surface area (TPSA) is 29.1 Å². The molecule has 1 aromatic carbocycles. The number of carbonyl (C=O) groups excluding carboxylic acids is 1. The predicted octanol–water partition coefficient (Wildman–Crippen LogP) is 4.49. The molecule has 1 aromatic heterocycles. The summed E-state index contributed by atoms with van der Waals surface area (Å²) in [6.07, 6.45) is 3.87. The van der Waals surface area contributed by atoms with Gasteiger partial charge in [-0.15, -0.1) is 11.3 Å². The van der Waals surface area contributed by atoms with Crippen LogP contribution in [0.25, 0.3) is 0 Å². The van der Waals surface area contributed by atoms with Crippen molar-refractivity contribution in [2.75, 3.05) is 5.32 Å². The second-order valence-corrected chi connectivity index (χ2v) is 7.56. The molecule has 1 aliphatic carbocycles. The predicted molar refractivity (Wildman–Crippen MR) is 87.0 cm³/mol. The van der Waals surface area contributed by atoms with Crippen molar-refractivity contribution in [3.8, 4) is 0 Å². The summed E-state index contributed by atoms with van der Waals surface area (Å²) >= 11 is 1.74. The maximum Gasteiger partial charge on any atom is 0.225 e. The summed E-state index contributed by atoms with van der Waals surface area (Å²) in [6.45, 7) is 2.29. The zero-order valence-electron chi connectivity index (χ0n) is 12.5. The maximum absolute atomic E-state index is 13.2. The highest BCUT2D eigenvalue weighted by Gasteiger charge is 2.34. The number of anilines is 1. The average molecular weight is 315 g/mol. The van der Waals surface area contributed by atoms with Crippen molar-refractivity contribution in [1.29, 1.82) is 0 Å². The molecule has 4 heteroatoms. The first-order chi connectivity index (χ1) is 10.6. The van der Waals surface area contributed by atoms with Gasteiger partial charge in [0.15, 0.2) is 0 Å². The number of amides is 1. The summed E-state index contributed by atoms with van der Waals surface area (Å²) in [5.74, 6) is 0.615. The number of nitrogens with one attached hydrogen (secondary N) is 1. The first kappa shape index (κ1) is 13.9. The zero-order valence-corrected chi connectivity index (χ0v) is 13.3. The Kier molecular flexibility index (Phi) is 3.30. The second kappa shape index (κ2) is 5.20. The number of hydrogen-bond donors (Lipinski definition) is 1. The van der Waals surface area contributed by atoms with Crippen LogP contribution in [0.4, 0.5) is 9.39 Å². The van der Waals surface area contributed by atoms with E-state index in [0.29, 0.717) is 12.3 Å². The number of halogens is 1. The fourth-order valence-electron chi connectivity index (χ4n) is 3.68. The van der Waals surface area contributed by atoms with Gasteiger partial charge in [0, 0.05) is 17.2 Å². The van der Waals surface area contributed by atoms with Crippen LogP contribution in [0.2, 0.25) is 0 Å². The molecular weight excluding hydrogens is 297 g/mol. The highest BCUT2D eigenvalue weighted by molar-refractivity contribution is 7.16. The summed E-state index contributed by atoms with van der Waals surface area (Å²) in [4.78, 5) is 13.5. The van der Waals surface area contributed by atoms with Crippen molar-refractivity contribution < 1.29 is 9.18 Å². The largest absolute Gasteiger partial charge is 0.317 e. The molecule has 0 unspecified atom stereocenters. The van der Waals surface area contributed by atoms with Gasteiger partial charge in [0.2, 0.25) is 5.91 Å². The molecule has 0 radical (unpaired) electrons. The van der Waals surface area contributed by atoms with E-state index in [2.05, 4.69) is 12.2 Å². The van der Waals surface area contributed by atoms with Gasteiger partial charge in [0.1, 0.15) is 5.82 Å². The van der Waals surface area contributed by atoms with Crippen LogP contribution in [0.5, 0.6) is 0 Å². The van der Waals surface area contributed by atoms with Crippen molar-refractivity contribution >= 4 is 22.2 Å². The minimum Gasteiger partial charge on any atom is -0.317 e. The molecule has 0 fully saturated rings. The van der Waals surface area contributed by atoms with Crippen molar-refractivity contribution in [2.24, 2.45) is 5.92 Å². The number of fused-ring (bicyclic) bond motifs is 3. The number of carbonyl (C=O) groups is 1. The molecule has 2 atom stereocenters. The molecule has 0 saturated carbocycles. The molecule has 0 bridgehead atoms. The van der Waals surface area contributed by atoms with Gasteiger partial charge in [0.05, 0.1) is 5.00 Å². The van der Waals surface area contributed by atoms with E-state index in [1.54, 1.807) is 11.3 Å². The van der Waals surface area contributed by atoms with Gasteiger partial charge in [-0.3, -0.25) is 4.79 Å². The zero-order chi connectivity index (χ0) is 15.3. The van der Waals surface area contributed by atoms with Crippen LogP contribution in [-0.2, 0) is 17.6 Å². The normalized spacial score (nSPS) is 23.6. The Balaban J connectivity index is 1.82. The van der Waals surface area contributed by atoms with Crippen LogP contribution < -0.4 is 5.32 Å². The second-order valence-electron chi connectivity index (χ2n) is 6.45. The fraction of sp³-hybridized carbons (Fsp3) is 0.389. The first-order valence-corrected chi connectivity index (χ1v) is 8.63. The lowest BCUT2D eigenvalue weighted by molar-refractivity contribution is -0.116. The molecule has 1 aliphatic heterocycles. The van der Waals surface area contributed by atoms with Gasteiger partial charge in [-0.25, -0.2) is 4.39 Å². The monoisotopic (exact) mass is 315 g/mol. The Hall–Kier alpha value is -1.68. The molecule has 0 spiro atoms. The Morgan fingerprint density at radius 3 is 2.77 bits per heavy atom. The third kappa shape index (κ3) is 2.26. The van der Waals surface area contributed by atoms with Crippen LogP contribution in [0.3, 0.4) is 0 Å². The SMILES string of the molecule is C[C@H]1CCc2c(sc3c2[C@H](c2ccc(F)cc2)CC(=O)N3)C1. The Morgan fingerprint density at radius 2 is 2.00 bits per heavy atom. The van der Waals surface area contributed by atoms with E-state index in [0.717, 1.165) is 23.4 Å². The van der Waals surface area contributed by atoms with Crippen LogP contribution in [0.15, 0.2) is 24.3 Å². The van der Waals surface area contributed by atoms with Crippen molar-refractivity contribution in [2.45, 2.75) is 38.5 Å². The van der Waals surface area contributed by atoms with Crippen LogP contribution in [0, 0.1) is 11.7 Å². The summed E-state index contributed by atoms with van der Waals surface area (Å²) in [6, 6.07) is 6.61. The highest BCUT2D eigenvalue weighted by atomic mass is 32.1. The maximum atomic E-state index is 13.2. The molecule has 4 rings (SSSR count). The summed E-state index contributed by atoms with van der Waals surface area (Å²) in [5.41, 5.74) is 3.77. The van der Waals surface area contributed by atoms with Gasteiger partial charge >= 0.3 is 0 Å². The van der Waals surface area contributed by atoms with Gasteiger partial charge in [-0.1, -0.05) is 19.1 Å². The smallest absolute Gasteiger partial charge is 0.225 e. The number of thiophene rings is 1. The fourth-order valence-corrected chi connectivity index (χ4v) is 5.17. The molecule has 2 aliphatic rings. The molecule has 22 heavy (non-hydrogen) atoms. The number of benzene rings is 1. The number of rotatable bonds is 1. The van der Waals surface area contributed by atoms with E-state index in [-0.39, 0.29) is 17.6 Å². The van der Waals surface area contributed by atoms with Gasteiger partial charge < -0.3 is 5.32 Å². The standard InChI is InChI=1S/C18H18FNOS/c1-10-2-7-13-15(8-10)22-18-17(13)14(9-16(21)20-18)11-3-5-12(19)6-4-11/h3-6,10,14H,2,7-9H2,1H3,(H,20,21)/t10-,14-/m0/s1. The lowest BCUT2D eigenvalue weighted by atomic mass is 9.80. The minimum atomic E-state index is -0.231. The Bertz CT molecular complexity index is 734. The summed E-state index contributed by atoms with van der Waals surface area (Å²) in [5, 5.41) is 4.07. The molecule has 1 amide bonds. The third-order valence-electron chi connectivity index (χ3n) is 4.82. The van der Waals surface area contributed by atoms with E-state index in [1.165, 1.54) is 34.6 Å². The van der Waals surface area contributed by atoms with Crippen molar-refractivity contribution in [1.82, 2.24) is 0 Å². The molecule has 2 aromatic rings. The quantitative estimate of drug-likeness (QED) is 0.825. The molecule has 2 nitrogen and oxygen atoms in total. The molecule has 1 N–H and O–H groups in total. The molecule has 2 heterocycles. The van der Waals surface area contributed by atoms with Gasteiger partial charge in [-0.2, -0.15) is 0 Å². The Morgan fingerprint density at radius 1 is 1.23 bits per heavy atom. The van der Waals surface area contributed by atoms with Gasteiger partial charge in [-0.05, 0) is 54.0 Å². The van der Waals surface area contributed by atoms with Crippen molar-refractivity contribution in [3.05, 3.63) is 51.7 Å². The van der Waals surface area contributed by atoms with Crippen LogP contribution in [0.1, 0.15) is 47.3 Å². The molecule has 114 valence electrons. The minimum absolute atomic E-state index is 0.0634. The van der Waals surface area contributed by atoms with Crippen molar-refractivity contribution in [3.63, 3.8) is 0 Å². The third-order valence-corrected chi connectivity index (χ3v) is 6.00. The van der Waals surface area contributed by atoms with Crippen LogP contribution >= 0.6 is 11.3 Å².